The molecule has 4 aromatic rings. The van der Waals surface area contributed by atoms with Gasteiger partial charge in [-0.1, -0.05) is 35.1 Å². The number of halogens is 1. The third-order valence-corrected chi connectivity index (χ3v) is 6.47. The minimum Gasteiger partial charge on any atom is -0.492 e. The maximum atomic E-state index is 11.1. The number of morpholine rings is 1. The minimum atomic E-state index is -0.182. The van der Waals surface area contributed by atoms with Crippen LogP contribution >= 0.6 is 22.9 Å². The molecule has 0 saturated carbocycles. The normalized spacial score (nSPS) is 21.3. The molecule has 0 aliphatic carbocycles. The van der Waals surface area contributed by atoms with Crippen molar-refractivity contribution in [1.82, 2.24) is 19.5 Å². The van der Waals surface area contributed by atoms with E-state index in [0.717, 1.165) is 23.5 Å². The van der Waals surface area contributed by atoms with Crippen LogP contribution in [-0.4, -0.2) is 49.9 Å². The number of hydrogen-bond donors (Lipinski definition) is 1. The first-order valence-corrected chi connectivity index (χ1v) is 11.0. The lowest BCUT2D eigenvalue weighted by Gasteiger charge is -2.40. The molecule has 0 amide bonds. The van der Waals surface area contributed by atoms with Gasteiger partial charge in [-0.25, -0.2) is 0 Å². The van der Waals surface area contributed by atoms with Crippen LogP contribution in [0.3, 0.4) is 0 Å². The summed E-state index contributed by atoms with van der Waals surface area (Å²) in [4.78, 5) is 8.26. The summed E-state index contributed by atoms with van der Waals surface area (Å²) in [7, 11) is 0. The van der Waals surface area contributed by atoms with E-state index in [1.54, 1.807) is 18.4 Å². The number of nitrogens with zero attached hydrogens (tertiary/aromatic N) is 4. The molecule has 1 aromatic carbocycles. The summed E-state index contributed by atoms with van der Waals surface area (Å²) in [6, 6.07) is 11.2. The fourth-order valence-electron chi connectivity index (χ4n) is 4.07. The number of benzene rings is 1. The van der Waals surface area contributed by atoms with Gasteiger partial charge in [-0.2, -0.15) is 9.50 Å². The van der Waals surface area contributed by atoms with E-state index in [2.05, 4.69) is 28.8 Å². The summed E-state index contributed by atoms with van der Waals surface area (Å²) in [6.45, 7) is 5.62. The molecule has 156 valence electrons. The van der Waals surface area contributed by atoms with Crippen molar-refractivity contribution in [3.8, 4) is 17.5 Å². The quantitative estimate of drug-likeness (QED) is 0.495. The SMILES string of the molecule is CC1CN(C(c2cccc(Cl)c2)c2sc3nc(-c4ccco4)nn3c2O)CC(C)O1. The first-order valence-electron chi connectivity index (χ1n) is 9.77. The van der Waals surface area contributed by atoms with Gasteiger partial charge in [0.2, 0.25) is 16.7 Å². The van der Waals surface area contributed by atoms with E-state index in [-0.39, 0.29) is 24.1 Å². The second-order valence-electron chi connectivity index (χ2n) is 7.57. The second kappa shape index (κ2) is 7.70. The Bertz CT molecular complexity index is 1160. The van der Waals surface area contributed by atoms with Crippen molar-refractivity contribution < 1.29 is 14.3 Å². The fourth-order valence-corrected chi connectivity index (χ4v) is 5.39. The van der Waals surface area contributed by atoms with Crippen LogP contribution in [0.1, 0.15) is 30.3 Å². The van der Waals surface area contributed by atoms with Crippen LogP contribution in [0.2, 0.25) is 5.02 Å². The molecule has 4 heterocycles. The van der Waals surface area contributed by atoms with Crippen LogP contribution in [0.5, 0.6) is 5.88 Å². The number of aromatic hydroxyl groups is 1. The largest absolute Gasteiger partial charge is 0.492 e. The van der Waals surface area contributed by atoms with Gasteiger partial charge >= 0.3 is 0 Å². The predicted octanol–water partition coefficient (Wildman–Crippen LogP) is 4.61. The fraction of sp³-hybridized carbons (Fsp3) is 0.333. The topological polar surface area (TPSA) is 76.0 Å². The summed E-state index contributed by atoms with van der Waals surface area (Å²) in [6.07, 6.45) is 1.75. The van der Waals surface area contributed by atoms with Gasteiger partial charge in [0, 0.05) is 18.1 Å². The minimum absolute atomic E-state index is 0.0806. The molecule has 1 aliphatic rings. The molecular formula is C21H21ClN4O3S. The Morgan fingerprint density at radius 2 is 2.00 bits per heavy atom. The molecule has 1 N–H and O–H groups in total. The molecule has 3 unspecified atom stereocenters. The highest BCUT2D eigenvalue weighted by Gasteiger charge is 2.34. The standard InChI is InChI=1S/C21H21ClN4O3S/c1-12-10-25(11-13(2)29-12)17(14-5-3-6-15(22)9-14)18-20(27)26-21(30-18)23-19(24-26)16-7-4-8-28-16/h3-9,12-13,17,27H,10-11H2,1-2H3. The zero-order chi connectivity index (χ0) is 20.8. The smallest absolute Gasteiger partial charge is 0.230 e. The van der Waals surface area contributed by atoms with Crippen molar-refractivity contribution >= 4 is 27.9 Å². The average molecular weight is 445 g/mol. The van der Waals surface area contributed by atoms with Gasteiger partial charge in [-0.05, 0) is 43.7 Å². The van der Waals surface area contributed by atoms with Crippen LogP contribution in [0, 0.1) is 0 Å². The van der Waals surface area contributed by atoms with Gasteiger partial charge in [0.1, 0.15) is 0 Å². The molecule has 5 rings (SSSR count). The van der Waals surface area contributed by atoms with Crippen LogP contribution in [0.15, 0.2) is 47.1 Å². The number of ether oxygens (including phenoxy) is 1. The number of furan rings is 1. The van der Waals surface area contributed by atoms with Crippen molar-refractivity contribution in [2.75, 3.05) is 13.1 Å². The van der Waals surface area contributed by atoms with E-state index in [9.17, 15) is 5.11 Å². The van der Waals surface area contributed by atoms with Crippen LogP contribution in [0.25, 0.3) is 16.5 Å². The van der Waals surface area contributed by atoms with Crippen molar-refractivity contribution in [1.29, 1.82) is 0 Å². The molecule has 30 heavy (non-hydrogen) atoms. The molecule has 0 radical (unpaired) electrons. The molecule has 7 nitrogen and oxygen atoms in total. The third kappa shape index (κ3) is 3.50. The maximum Gasteiger partial charge on any atom is 0.230 e. The van der Waals surface area contributed by atoms with Crippen molar-refractivity contribution in [2.24, 2.45) is 0 Å². The highest BCUT2D eigenvalue weighted by atomic mass is 35.5. The lowest BCUT2D eigenvalue weighted by atomic mass is 10.0. The Morgan fingerprint density at radius 1 is 1.20 bits per heavy atom. The van der Waals surface area contributed by atoms with Gasteiger partial charge in [0.05, 0.1) is 29.4 Å². The predicted molar refractivity (Wildman–Crippen MR) is 115 cm³/mol. The van der Waals surface area contributed by atoms with E-state index in [0.29, 0.717) is 21.6 Å². The number of thiazole rings is 1. The van der Waals surface area contributed by atoms with E-state index in [1.165, 1.54) is 15.9 Å². The first-order chi connectivity index (χ1) is 14.5. The molecule has 0 spiro atoms. The molecular weight excluding hydrogens is 424 g/mol. The van der Waals surface area contributed by atoms with Crippen molar-refractivity contribution in [2.45, 2.75) is 32.1 Å². The molecule has 3 aromatic heterocycles. The van der Waals surface area contributed by atoms with E-state index in [1.807, 2.05) is 24.3 Å². The molecule has 3 atom stereocenters. The Morgan fingerprint density at radius 3 is 2.67 bits per heavy atom. The molecule has 1 fully saturated rings. The highest BCUT2D eigenvalue weighted by molar-refractivity contribution is 7.17. The van der Waals surface area contributed by atoms with Crippen LogP contribution in [-0.2, 0) is 4.74 Å². The average Bonchev–Trinajstić information content (AvgIpc) is 3.40. The molecule has 9 heteroatoms. The van der Waals surface area contributed by atoms with Crippen molar-refractivity contribution in [3.63, 3.8) is 0 Å². The van der Waals surface area contributed by atoms with Crippen LogP contribution in [0.4, 0.5) is 0 Å². The zero-order valence-corrected chi connectivity index (χ0v) is 18.1. The summed E-state index contributed by atoms with van der Waals surface area (Å²) in [5.41, 5.74) is 1.01. The van der Waals surface area contributed by atoms with Gasteiger partial charge in [-0.15, -0.1) is 5.10 Å². The van der Waals surface area contributed by atoms with E-state index < -0.39 is 0 Å². The molecule has 0 bridgehead atoms. The second-order valence-corrected chi connectivity index (χ2v) is 9.01. The molecule has 1 saturated heterocycles. The van der Waals surface area contributed by atoms with Gasteiger partial charge < -0.3 is 14.3 Å². The number of aromatic nitrogens is 3. The van der Waals surface area contributed by atoms with E-state index >= 15 is 0 Å². The lowest BCUT2D eigenvalue weighted by Crippen LogP contribution is -2.47. The van der Waals surface area contributed by atoms with Crippen LogP contribution < -0.4 is 0 Å². The monoisotopic (exact) mass is 444 g/mol. The lowest BCUT2D eigenvalue weighted by molar-refractivity contribution is -0.0764. The number of fused-ring (bicyclic) bond motifs is 1. The van der Waals surface area contributed by atoms with E-state index in [4.69, 9.17) is 20.8 Å². The first kappa shape index (κ1) is 19.6. The highest BCUT2D eigenvalue weighted by Crippen LogP contribution is 2.41. The van der Waals surface area contributed by atoms with Crippen molar-refractivity contribution in [3.05, 3.63) is 58.1 Å². The summed E-state index contributed by atoms with van der Waals surface area (Å²) >= 11 is 7.72. The Hall–Kier alpha value is -2.39. The zero-order valence-electron chi connectivity index (χ0n) is 16.5. The number of rotatable bonds is 4. The number of hydrogen-bond acceptors (Lipinski definition) is 7. The summed E-state index contributed by atoms with van der Waals surface area (Å²) in [5, 5.41) is 16.2. The summed E-state index contributed by atoms with van der Waals surface area (Å²) < 4.78 is 12.8. The Balaban J connectivity index is 1.61. The van der Waals surface area contributed by atoms with Gasteiger partial charge in [0.15, 0.2) is 5.76 Å². The molecule has 1 aliphatic heterocycles. The summed E-state index contributed by atoms with van der Waals surface area (Å²) in [5.74, 6) is 1.09. The maximum absolute atomic E-state index is 11.1. The third-order valence-electron chi connectivity index (χ3n) is 5.17. The van der Waals surface area contributed by atoms with Gasteiger partial charge in [0.25, 0.3) is 0 Å². The Labute approximate surface area is 182 Å². The van der Waals surface area contributed by atoms with Gasteiger partial charge in [-0.3, -0.25) is 4.90 Å². The Kier molecular flexibility index (Phi) is 5.02.